The van der Waals surface area contributed by atoms with E-state index in [0.717, 1.165) is 29.2 Å². The second kappa shape index (κ2) is 12.7. The van der Waals surface area contributed by atoms with Crippen molar-refractivity contribution < 1.29 is 19.1 Å². The van der Waals surface area contributed by atoms with Gasteiger partial charge in [0.05, 0.1) is 6.54 Å². The highest BCUT2D eigenvalue weighted by atomic mass is 16.5. The van der Waals surface area contributed by atoms with E-state index in [4.69, 9.17) is 10.5 Å². The number of amides is 2. The lowest BCUT2D eigenvalue weighted by Crippen LogP contribution is -2.33. The maximum atomic E-state index is 13.4. The van der Waals surface area contributed by atoms with E-state index >= 15 is 0 Å². The van der Waals surface area contributed by atoms with Crippen LogP contribution in [-0.4, -0.2) is 24.1 Å². The van der Waals surface area contributed by atoms with Crippen molar-refractivity contribution in [3.05, 3.63) is 113 Å². The Morgan fingerprint density at radius 1 is 0.868 bits per heavy atom. The zero-order chi connectivity index (χ0) is 26.9. The number of nitrogens with one attached hydrogen (secondary N) is 1. The first-order valence-corrected chi connectivity index (χ1v) is 12.9. The smallest absolute Gasteiger partial charge is 0.251 e. The molecule has 0 aromatic heterocycles. The van der Waals surface area contributed by atoms with Gasteiger partial charge in [0.15, 0.2) is 5.78 Å². The molecule has 0 bridgehead atoms. The predicted octanol–water partition coefficient (Wildman–Crippen LogP) is 5.79. The van der Waals surface area contributed by atoms with E-state index in [1.54, 1.807) is 42.5 Å². The van der Waals surface area contributed by atoms with Crippen LogP contribution < -0.4 is 15.8 Å². The van der Waals surface area contributed by atoms with Crippen LogP contribution in [-0.2, 0) is 11.4 Å². The Hall–Kier alpha value is -4.45. The van der Waals surface area contributed by atoms with E-state index in [1.165, 1.54) is 0 Å². The number of Topliss-reactive ketones (excluding diaryl/α,β-unsaturated/α-hetero) is 1. The highest BCUT2D eigenvalue weighted by Crippen LogP contribution is 2.30. The molecule has 1 unspecified atom stereocenters. The summed E-state index contributed by atoms with van der Waals surface area (Å²) in [6.07, 6.45) is 2.19. The molecule has 4 aromatic rings. The zero-order valence-corrected chi connectivity index (χ0v) is 21.5. The third-order valence-corrected chi connectivity index (χ3v) is 6.58. The number of hydrogen-bond acceptors (Lipinski definition) is 4. The minimum atomic E-state index is -0.608. The van der Waals surface area contributed by atoms with Gasteiger partial charge in [-0.3, -0.25) is 14.4 Å². The van der Waals surface area contributed by atoms with Crippen molar-refractivity contribution >= 4 is 28.4 Å². The van der Waals surface area contributed by atoms with Gasteiger partial charge in [0.2, 0.25) is 5.91 Å². The molecule has 194 valence electrons. The van der Waals surface area contributed by atoms with Crippen molar-refractivity contribution in [3.63, 3.8) is 0 Å². The third-order valence-electron chi connectivity index (χ3n) is 6.58. The van der Waals surface area contributed by atoms with Gasteiger partial charge in [-0.1, -0.05) is 74.4 Å². The zero-order valence-electron chi connectivity index (χ0n) is 21.5. The van der Waals surface area contributed by atoms with Crippen LogP contribution in [0.3, 0.4) is 0 Å². The number of carbonyl (C=O) groups is 3. The fourth-order valence-corrected chi connectivity index (χ4v) is 4.52. The fourth-order valence-electron chi connectivity index (χ4n) is 4.52. The van der Waals surface area contributed by atoms with E-state index in [2.05, 4.69) is 29.6 Å². The maximum absolute atomic E-state index is 13.4. The Bertz CT molecular complexity index is 1430. The summed E-state index contributed by atoms with van der Waals surface area (Å²) in [4.78, 5) is 38.2. The number of ketones is 1. The van der Waals surface area contributed by atoms with E-state index in [1.807, 2.05) is 31.2 Å². The number of hydrogen-bond donors (Lipinski definition) is 2. The molecule has 6 nitrogen and oxygen atoms in total. The van der Waals surface area contributed by atoms with Crippen LogP contribution in [0.15, 0.2) is 91.0 Å². The predicted molar refractivity (Wildman–Crippen MR) is 149 cm³/mol. The minimum Gasteiger partial charge on any atom is -0.489 e. The summed E-state index contributed by atoms with van der Waals surface area (Å²) >= 11 is 0. The number of ether oxygens (including phenoxy) is 1. The third kappa shape index (κ3) is 6.65. The molecule has 1 atom stereocenters. The van der Waals surface area contributed by atoms with E-state index in [9.17, 15) is 14.4 Å². The van der Waals surface area contributed by atoms with Crippen LogP contribution in [0.1, 0.15) is 63.9 Å². The van der Waals surface area contributed by atoms with Crippen LogP contribution in [0.5, 0.6) is 5.75 Å². The Morgan fingerprint density at radius 2 is 1.61 bits per heavy atom. The van der Waals surface area contributed by atoms with Gasteiger partial charge >= 0.3 is 0 Å². The lowest BCUT2D eigenvalue weighted by Gasteiger charge is -2.20. The standard InChI is InChI=1S/C32H32N2O4/c1-2-3-13-27(30(35)20-34-32(37)24-10-5-4-6-11-24)29-19-26(16-17-28(29)31(33)36)38-21-22-14-15-23-9-7-8-12-25(23)18-22/h4-12,14-19,27H,2-3,13,20-21H2,1H3,(H2,33,36)(H,34,37). The molecule has 0 saturated heterocycles. The quantitative estimate of drug-likeness (QED) is 0.253. The molecule has 2 amide bonds. The Morgan fingerprint density at radius 3 is 2.34 bits per heavy atom. The van der Waals surface area contributed by atoms with Gasteiger partial charge < -0.3 is 15.8 Å². The van der Waals surface area contributed by atoms with Crippen molar-refractivity contribution in [1.29, 1.82) is 0 Å². The average Bonchev–Trinajstić information content (AvgIpc) is 2.95. The number of carbonyl (C=O) groups excluding carboxylic acids is 3. The molecule has 6 heteroatoms. The second-order valence-corrected chi connectivity index (χ2v) is 9.29. The summed E-state index contributed by atoms with van der Waals surface area (Å²) in [5.74, 6) is -1.17. The first-order chi connectivity index (χ1) is 18.5. The molecular weight excluding hydrogens is 476 g/mol. The van der Waals surface area contributed by atoms with Gasteiger partial charge in [-0.2, -0.15) is 0 Å². The maximum Gasteiger partial charge on any atom is 0.251 e. The van der Waals surface area contributed by atoms with Gasteiger partial charge in [0.25, 0.3) is 5.91 Å². The number of primary amides is 1. The highest BCUT2D eigenvalue weighted by Gasteiger charge is 2.25. The minimum absolute atomic E-state index is 0.150. The highest BCUT2D eigenvalue weighted by molar-refractivity contribution is 6.00. The van der Waals surface area contributed by atoms with Crippen LogP contribution in [0.25, 0.3) is 10.8 Å². The van der Waals surface area contributed by atoms with Gasteiger partial charge in [-0.15, -0.1) is 0 Å². The monoisotopic (exact) mass is 508 g/mol. The first kappa shape index (κ1) is 26.6. The van der Waals surface area contributed by atoms with Gasteiger partial charge in [-0.05, 0) is 64.7 Å². The molecule has 38 heavy (non-hydrogen) atoms. The van der Waals surface area contributed by atoms with Crippen LogP contribution in [0.2, 0.25) is 0 Å². The summed E-state index contributed by atoms with van der Waals surface area (Å²) in [6, 6.07) is 28.1. The van der Waals surface area contributed by atoms with Crippen LogP contribution in [0, 0.1) is 0 Å². The van der Waals surface area contributed by atoms with Crippen molar-refractivity contribution in [2.24, 2.45) is 5.73 Å². The summed E-state index contributed by atoms with van der Waals surface area (Å²) in [6.45, 7) is 2.22. The summed E-state index contributed by atoms with van der Waals surface area (Å²) in [5, 5.41) is 4.99. The molecule has 0 aliphatic rings. The molecule has 4 aromatic carbocycles. The molecule has 0 heterocycles. The Kier molecular flexibility index (Phi) is 8.88. The van der Waals surface area contributed by atoms with Crippen molar-refractivity contribution in [3.8, 4) is 5.75 Å². The molecule has 0 aliphatic heterocycles. The molecular formula is C32H32N2O4. The lowest BCUT2D eigenvalue weighted by molar-refractivity contribution is -0.119. The van der Waals surface area contributed by atoms with Crippen LogP contribution in [0.4, 0.5) is 0 Å². The molecule has 0 aliphatic carbocycles. The Labute approximate surface area is 222 Å². The average molecular weight is 509 g/mol. The number of nitrogens with two attached hydrogens (primary N) is 1. The van der Waals surface area contributed by atoms with Gasteiger partial charge in [0.1, 0.15) is 12.4 Å². The van der Waals surface area contributed by atoms with Crippen molar-refractivity contribution in [2.75, 3.05) is 6.54 Å². The Balaban J connectivity index is 1.54. The molecule has 4 rings (SSSR count). The number of rotatable bonds is 12. The van der Waals surface area contributed by atoms with Gasteiger partial charge in [0, 0.05) is 17.0 Å². The molecule has 0 saturated carbocycles. The number of fused-ring (bicyclic) bond motifs is 1. The van der Waals surface area contributed by atoms with Gasteiger partial charge in [-0.25, -0.2) is 0 Å². The van der Waals surface area contributed by atoms with Crippen LogP contribution >= 0.6 is 0 Å². The first-order valence-electron chi connectivity index (χ1n) is 12.9. The van der Waals surface area contributed by atoms with E-state index < -0.39 is 11.8 Å². The van der Waals surface area contributed by atoms with Crippen molar-refractivity contribution in [2.45, 2.75) is 38.7 Å². The topological polar surface area (TPSA) is 98.5 Å². The molecule has 0 radical (unpaired) electrons. The number of unbranched alkanes of at least 4 members (excludes halogenated alkanes) is 1. The molecule has 0 spiro atoms. The second-order valence-electron chi connectivity index (χ2n) is 9.29. The normalized spacial score (nSPS) is 11.6. The summed E-state index contributed by atoms with van der Waals surface area (Å²) < 4.78 is 6.07. The van der Waals surface area contributed by atoms with E-state index in [-0.39, 0.29) is 23.8 Å². The number of benzene rings is 4. The summed E-state index contributed by atoms with van der Waals surface area (Å²) in [7, 11) is 0. The van der Waals surface area contributed by atoms with Crippen molar-refractivity contribution in [1.82, 2.24) is 5.32 Å². The lowest BCUT2D eigenvalue weighted by atomic mass is 9.86. The largest absolute Gasteiger partial charge is 0.489 e. The molecule has 3 N–H and O–H groups in total. The van der Waals surface area contributed by atoms with E-state index in [0.29, 0.717) is 29.9 Å². The summed E-state index contributed by atoms with van der Waals surface area (Å²) in [5.41, 5.74) is 7.98. The SMILES string of the molecule is CCCCC(C(=O)CNC(=O)c1ccccc1)c1cc(OCc2ccc3ccccc3c2)ccc1C(N)=O. The molecule has 0 fully saturated rings. The fraction of sp³-hybridized carbons (Fsp3) is 0.219.